The highest BCUT2D eigenvalue weighted by Gasteiger charge is 2.46. The van der Waals surface area contributed by atoms with Crippen LogP contribution in [0.2, 0.25) is 0 Å². The van der Waals surface area contributed by atoms with Gasteiger partial charge < -0.3 is 109 Å². The lowest BCUT2D eigenvalue weighted by molar-refractivity contribution is 0.0416. The fourth-order valence-electron chi connectivity index (χ4n) is 15.5. The minimum absolute atomic E-state index is 0.285. The van der Waals surface area contributed by atoms with Crippen LogP contribution in [0.5, 0.6) is 46.0 Å². The maximum absolute atomic E-state index is 7.58. The van der Waals surface area contributed by atoms with Crippen LogP contribution in [0.1, 0.15) is 335 Å². The normalized spacial score (nSPS) is 25.1. The summed E-state index contributed by atoms with van der Waals surface area (Å²) in [5, 5.41) is 0. The largest absolute Gasteiger partial charge is 0.426 e. The number of hydrogen-bond donors (Lipinski definition) is 0. The van der Waals surface area contributed by atoms with Crippen LogP contribution in [0.4, 0.5) is 0 Å². The molecule has 9 aliphatic rings. The zero-order chi connectivity index (χ0) is 88.2. The Morgan fingerprint density at radius 1 is 0.194 bits per heavy atom. The maximum Gasteiger partial charge on any atom is 0.397 e. The smallest absolute Gasteiger partial charge is 0.397 e. The van der Waals surface area contributed by atoms with Crippen molar-refractivity contribution in [2.45, 2.75) is 291 Å². The van der Waals surface area contributed by atoms with E-state index >= 15 is 0 Å². The van der Waals surface area contributed by atoms with Gasteiger partial charge in [-0.15, -0.1) is 0 Å². The molecule has 4 aromatic rings. The summed E-state index contributed by atoms with van der Waals surface area (Å²) < 4.78 is 169. The number of rotatable bonds is 36. The predicted molar refractivity (Wildman–Crippen MR) is 494 cm³/mol. The topological polar surface area (TPSA) is 222 Å². The van der Waals surface area contributed by atoms with E-state index in [1.807, 2.05) is 0 Å². The van der Waals surface area contributed by atoms with Crippen LogP contribution in [-0.2, 0) is 72.4 Å². The average molecular weight is 1880 g/mol. The summed E-state index contributed by atoms with van der Waals surface area (Å²) in [6.45, 7) is 49.9. The molecule has 8 aliphatic heterocycles. The maximum atomic E-state index is 7.58. The lowest BCUT2D eigenvalue weighted by atomic mass is 9.76. The first-order valence-electron chi connectivity index (χ1n) is 45.7. The van der Waals surface area contributed by atoms with E-state index in [1.165, 1.54) is 0 Å². The minimum Gasteiger partial charge on any atom is -0.426 e. The van der Waals surface area contributed by atoms with Crippen molar-refractivity contribution in [2.24, 2.45) is 43.3 Å². The molecule has 0 spiro atoms. The van der Waals surface area contributed by atoms with Gasteiger partial charge in [0, 0.05) is 136 Å². The molecule has 1 aliphatic carbocycles. The summed E-state index contributed by atoms with van der Waals surface area (Å²) in [6, 6.07) is 17.7. The van der Waals surface area contributed by atoms with Gasteiger partial charge in [-0.1, -0.05) is 241 Å². The molecule has 8 fully saturated rings. The van der Waals surface area contributed by atoms with Crippen LogP contribution in [0, 0.1) is 43.3 Å². The Bertz CT molecular complexity index is 3290. The first-order valence-corrected chi connectivity index (χ1v) is 54.4. The number of fused-ring (bicyclic) bond motifs is 8. The van der Waals surface area contributed by atoms with Crippen molar-refractivity contribution in [1.29, 1.82) is 0 Å². The first-order chi connectivity index (χ1) is 59.0. The molecular weight excluding hydrogens is 1740 g/mol. The molecule has 0 N–H and O–H groups in total. The van der Waals surface area contributed by atoms with Crippen molar-refractivity contribution in [1.82, 2.24) is 0 Å². The molecule has 0 radical (unpaired) electrons. The molecule has 8 saturated heterocycles. The van der Waals surface area contributed by atoms with E-state index in [-0.39, 0.29) is 43.3 Å². The van der Waals surface area contributed by atoms with E-state index in [4.69, 9.17) is 109 Å². The van der Waals surface area contributed by atoms with Gasteiger partial charge in [-0.25, -0.2) is 0 Å². The van der Waals surface area contributed by atoms with Gasteiger partial charge in [-0.3, -0.25) is 0 Å². The third kappa shape index (κ3) is 28.1. The second kappa shape index (κ2) is 44.5. The van der Waals surface area contributed by atoms with Gasteiger partial charge in [0.25, 0.3) is 0 Å². The van der Waals surface area contributed by atoms with E-state index in [0.29, 0.717) is 177 Å². The molecule has 32 heteroatoms. The second-order valence-corrected chi connectivity index (χ2v) is 50.7. The molecule has 0 aromatic heterocycles. The van der Waals surface area contributed by atoms with Gasteiger partial charge in [0.1, 0.15) is 46.0 Å². The van der Waals surface area contributed by atoms with Gasteiger partial charge in [0.05, 0.1) is 106 Å². The minimum atomic E-state index is -2.02. The molecular formula is C92H144O24P8. The quantitative estimate of drug-likeness (QED) is 0.0305. The number of unbranched alkanes of at least 4 members (excludes halogenated alkanes) is 12. The summed E-state index contributed by atoms with van der Waals surface area (Å²) >= 11 is 0. The monoisotopic (exact) mass is 1880 g/mol. The van der Waals surface area contributed by atoms with Gasteiger partial charge in [0.2, 0.25) is 0 Å². The summed E-state index contributed by atoms with van der Waals surface area (Å²) in [4.78, 5) is 0. The third-order valence-electron chi connectivity index (χ3n) is 23.3. The third-order valence-corrected chi connectivity index (χ3v) is 31.5. The highest BCUT2D eigenvalue weighted by molar-refractivity contribution is 7.44. The summed E-state index contributed by atoms with van der Waals surface area (Å²) in [6.07, 6.45) is 17.5. The van der Waals surface area contributed by atoms with E-state index < -0.39 is 92.5 Å². The zero-order valence-corrected chi connectivity index (χ0v) is 84.9. The molecule has 696 valence electrons. The average Bonchev–Trinajstić information content (AvgIpc) is 0.729. The lowest BCUT2D eigenvalue weighted by Gasteiger charge is -2.37. The molecule has 13 rings (SSSR count). The SMILES string of the molecule is CCCCCCC1c2cc(c(OP3OCC(C)(C)CO3)cc2OP2OCC(C)(C)CO2)C(CCCCCC)c2cc(c(OP3OCC(C)(C)CO3)cc2OP2OCC(C)(C)CO2)C(CCCCCC)c2cc(c(OP3OCC(C)(C)CO3)cc2OP2OCC(C)(C)CO2)C(CCCCCC)c2cc1c(OP1OCC(C)(C)CO1)cc2OP1OCC(C)(C)CO1. The lowest BCUT2D eigenvalue weighted by Crippen LogP contribution is -2.29. The van der Waals surface area contributed by atoms with Gasteiger partial charge in [0.15, 0.2) is 0 Å². The fraction of sp³-hybridized carbons (Fsp3) is 0.739. The van der Waals surface area contributed by atoms with Crippen molar-refractivity contribution in [3.63, 3.8) is 0 Å². The number of hydrogen-bond acceptors (Lipinski definition) is 24. The molecule has 0 atom stereocenters. The van der Waals surface area contributed by atoms with Crippen LogP contribution in [0.15, 0.2) is 48.5 Å². The Morgan fingerprint density at radius 2 is 0.315 bits per heavy atom. The fourth-order valence-corrected chi connectivity index (χ4v) is 26.8. The molecule has 24 nitrogen and oxygen atoms in total. The van der Waals surface area contributed by atoms with Crippen LogP contribution < -0.4 is 36.2 Å². The molecule has 8 bridgehead atoms. The van der Waals surface area contributed by atoms with E-state index in [2.05, 4.69) is 187 Å². The molecule has 0 unspecified atom stereocenters. The van der Waals surface area contributed by atoms with Gasteiger partial charge in [-0.2, -0.15) is 0 Å². The van der Waals surface area contributed by atoms with Crippen molar-refractivity contribution in [3.05, 3.63) is 93.0 Å². The van der Waals surface area contributed by atoms with Crippen molar-refractivity contribution < 1.29 is 109 Å². The van der Waals surface area contributed by atoms with Gasteiger partial charge >= 0.3 is 68.8 Å². The molecule has 0 saturated carbocycles. The Kier molecular flexibility index (Phi) is 35.7. The Balaban J connectivity index is 1.21. The standard InChI is InChI=1S/C92H144O24P8/c1-21-25-29-33-37-65-69-41-71(79(111-119-97-53-87(9,10)54-98-119)45-77(69)109-117-93-49-85(5,6)50-94-117)66(38-34-30-26-22-2)73-43-75(83(115-123-105-61-91(17,18)62-106-123)47-81(73)113-121-101-57-89(13,14)58-102-121)68(40-36-32-28-24-4)76-44-74(82(114-122-103-59-90(15,16)60-104-122)48-84(76)116-124-107-63-92(19,20)64-108-124)67(39-35-31-27-23-3)72-42-70(65)78(110-118-95-51-86(7,8)52-96-118)46-80(72)112-120-99-55-88(11,12)56-100-120/h41-48,65-68H,21-40,49-64H2,1-20H3. The Hall–Kier alpha value is -1.92. The Labute approximate surface area is 751 Å². The highest BCUT2D eigenvalue weighted by atomic mass is 31.2. The summed E-state index contributed by atoms with van der Waals surface area (Å²) in [5.74, 6) is 1.88. The predicted octanol–water partition coefficient (Wildman–Crippen LogP) is 29.8. The molecule has 124 heavy (non-hydrogen) atoms. The summed E-state index contributed by atoms with van der Waals surface area (Å²) in [5.41, 5.74) is 4.49. The van der Waals surface area contributed by atoms with Crippen LogP contribution in [0.25, 0.3) is 0 Å². The van der Waals surface area contributed by atoms with E-state index in [0.717, 1.165) is 147 Å². The first kappa shape index (κ1) is 99.6. The van der Waals surface area contributed by atoms with Crippen LogP contribution >= 0.6 is 68.8 Å². The molecule has 4 aromatic carbocycles. The van der Waals surface area contributed by atoms with E-state index in [9.17, 15) is 0 Å². The van der Waals surface area contributed by atoms with E-state index in [1.54, 1.807) is 0 Å². The Morgan fingerprint density at radius 3 is 0.427 bits per heavy atom. The van der Waals surface area contributed by atoms with Gasteiger partial charge in [-0.05, 0) is 49.9 Å². The van der Waals surface area contributed by atoms with Crippen molar-refractivity contribution in [3.8, 4) is 46.0 Å². The zero-order valence-electron chi connectivity index (χ0n) is 77.8. The van der Waals surface area contributed by atoms with Crippen molar-refractivity contribution >= 4 is 68.8 Å². The molecule has 8 heterocycles. The highest BCUT2D eigenvalue weighted by Crippen LogP contribution is 2.65. The molecule has 0 amide bonds. The van der Waals surface area contributed by atoms with Crippen molar-refractivity contribution in [2.75, 3.05) is 106 Å². The van der Waals surface area contributed by atoms with Crippen LogP contribution in [-0.4, -0.2) is 106 Å². The second-order valence-electron chi connectivity index (χ2n) is 41.5. The number of benzene rings is 4. The summed E-state index contributed by atoms with van der Waals surface area (Å²) in [7, 11) is -16.1. The van der Waals surface area contributed by atoms with Crippen LogP contribution in [0.3, 0.4) is 0 Å².